The van der Waals surface area contributed by atoms with Crippen molar-refractivity contribution in [1.29, 1.82) is 0 Å². The molecule has 2 N–H and O–H groups in total. The molecule has 1 aliphatic carbocycles. The first-order valence-electron chi connectivity index (χ1n) is 8.08. The number of carbonyl (C=O) groups excluding carboxylic acids is 2. The first kappa shape index (κ1) is 16.7. The van der Waals surface area contributed by atoms with E-state index in [0.717, 1.165) is 41.6 Å². The number of nitrogens with one attached hydrogen (secondary N) is 2. The summed E-state index contributed by atoms with van der Waals surface area (Å²) in [5, 5.41) is 6.89. The van der Waals surface area contributed by atoms with Gasteiger partial charge in [-0.15, -0.1) is 0 Å². The van der Waals surface area contributed by atoms with E-state index in [-0.39, 0.29) is 17.7 Å². The van der Waals surface area contributed by atoms with Crippen molar-refractivity contribution in [2.24, 2.45) is 0 Å². The second kappa shape index (κ2) is 7.61. The SMILES string of the molecule is Cc1nc(SCC(=O)NC(=O)NC2CCCC2)c2ccccc2n1. The fraction of sp³-hybridized carbons (Fsp3) is 0.412. The van der Waals surface area contributed by atoms with Crippen molar-refractivity contribution in [3.8, 4) is 0 Å². The lowest BCUT2D eigenvalue weighted by Gasteiger charge is -2.12. The van der Waals surface area contributed by atoms with Crippen LogP contribution in [-0.4, -0.2) is 33.7 Å². The number of fused-ring (bicyclic) bond motifs is 1. The van der Waals surface area contributed by atoms with E-state index >= 15 is 0 Å². The Morgan fingerprint density at radius 3 is 2.75 bits per heavy atom. The van der Waals surface area contributed by atoms with Gasteiger partial charge in [-0.1, -0.05) is 42.8 Å². The van der Waals surface area contributed by atoms with Gasteiger partial charge in [0.2, 0.25) is 5.91 Å². The van der Waals surface area contributed by atoms with E-state index in [4.69, 9.17) is 0 Å². The number of thioether (sulfide) groups is 1. The van der Waals surface area contributed by atoms with Crippen molar-refractivity contribution in [3.63, 3.8) is 0 Å². The normalized spacial score (nSPS) is 14.7. The predicted molar refractivity (Wildman–Crippen MR) is 93.9 cm³/mol. The molecular formula is C17H20N4O2S. The number of carbonyl (C=O) groups is 2. The number of aromatic nitrogens is 2. The number of benzene rings is 1. The molecule has 3 amide bonds. The van der Waals surface area contributed by atoms with E-state index in [2.05, 4.69) is 20.6 Å². The molecule has 24 heavy (non-hydrogen) atoms. The van der Waals surface area contributed by atoms with E-state index in [9.17, 15) is 9.59 Å². The van der Waals surface area contributed by atoms with E-state index in [1.807, 2.05) is 31.2 Å². The molecule has 0 radical (unpaired) electrons. The highest BCUT2D eigenvalue weighted by molar-refractivity contribution is 8.00. The van der Waals surface area contributed by atoms with E-state index in [1.54, 1.807) is 0 Å². The summed E-state index contributed by atoms with van der Waals surface area (Å²) in [6, 6.07) is 7.48. The maximum absolute atomic E-state index is 12.0. The Morgan fingerprint density at radius 1 is 1.21 bits per heavy atom. The summed E-state index contributed by atoms with van der Waals surface area (Å²) in [5.41, 5.74) is 0.854. The minimum Gasteiger partial charge on any atom is -0.335 e. The predicted octanol–water partition coefficient (Wildman–Crippen LogP) is 2.80. The van der Waals surface area contributed by atoms with Crippen LogP contribution in [0.1, 0.15) is 31.5 Å². The smallest absolute Gasteiger partial charge is 0.321 e. The second-order valence-electron chi connectivity index (χ2n) is 5.88. The van der Waals surface area contributed by atoms with Crippen LogP contribution in [0, 0.1) is 6.92 Å². The molecule has 3 rings (SSSR count). The quantitative estimate of drug-likeness (QED) is 0.658. The van der Waals surface area contributed by atoms with Gasteiger partial charge in [0, 0.05) is 11.4 Å². The van der Waals surface area contributed by atoms with E-state index in [0.29, 0.717) is 5.82 Å². The van der Waals surface area contributed by atoms with Crippen molar-refractivity contribution < 1.29 is 9.59 Å². The third-order valence-corrected chi connectivity index (χ3v) is 4.95. The highest BCUT2D eigenvalue weighted by Gasteiger charge is 2.18. The monoisotopic (exact) mass is 344 g/mol. The molecule has 126 valence electrons. The third-order valence-electron chi connectivity index (χ3n) is 3.96. The van der Waals surface area contributed by atoms with Gasteiger partial charge in [0.15, 0.2) is 0 Å². The van der Waals surface area contributed by atoms with Gasteiger partial charge in [0.05, 0.1) is 11.3 Å². The van der Waals surface area contributed by atoms with Crippen LogP contribution in [0.4, 0.5) is 4.79 Å². The van der Waals surface area contributed by atoms with E-state index in [1.165, 1.54) is 11.8 Å². The van der Waals surface area contributed by atoms with Crippen LogP contribution in [0.25, 0.3) is 10.9 Å². The van der Waals surface area contributed by atoms with Gasteiger partial charge in [-0.2, -0.15) is 0 Å². The zero-order valence-electron chi connectivity index (χ0n) is 13.5. The summed E-state index contributed by atoms with van der Waals surface area (Å²) in [6.45, 7) is 1.83. The number of hydrogen-bond acceptors (Lipinski definition) is 5. The summed E-state index contributed by atoms with van der Waals surface area (Å²) in [4.78, 5) is 32.6. The lowest BCUT2D eigenvalue weighted by Crippen LogP contribution is -2.44. The lowest BCUT2D eigenvalue weighted by molar-refractivity contribution is -0.117. The van der Waals surface area contributed by atoms with Crippen molar-refractivity contribution in [3.05, 3.63) is 30.1 Å². The van der Waals surface area contributed by atoms with Gasteiger partial charge in [-0.25, -0.2) is 14.8 Å². The lowest BCUT2D eigenvalue weighted by atomic mass is 10.2. The maximum Gasteiger partial charge on any atom is 0.321 e. The summed E-state index contributed by atoms with van der Waals surface area (Å²) < 4.78 is 0. The van der Waals surface area contributed by atoms with Crippen LogP contribution >= 0.6 is 11.8 Å². The zero-order chi connectivity index (χ0) is 16.9. The highest BCUT2D eigenvalue weighted by atomic mass is 32.2. The first-order valence-corrected chi connectivity index (χ1v) is 9.07. The second-order valence-corrected chi connectivity index (χ2v) is 6.85. The van der Waals surface area contributed by atoms with E-state index < -0.39 is 6.03 Å². The number of aryl methyl sites for hydroxylation is 1. The van der Waals surface area contributed by atoms with Gasteiger partial charge in [0.1, 0.15) is 10.9 Å². The molecule has 0 atom stereocenters. The number of urea groups is 1. The topological polar surface area (TPSA) is 84.0 Å². The molecule has 2 aromatic rings. The van der Waals surface area contributed by atoms with Gasteiger partial charge >= 0.3 is 6.03 Å². The van der Waals surface area contributed by atoms with Crippen LogP contribution in [0.3, 0.4) is 0 Å². The first-order chi connectivity index (χ1) is 11.6. The Morgan fingerprint density at radius 2 is 1.96 bits per heavy atom. The van der Waals surface area contributed by atoms with Gasteiger partial charge in [0.25, 0.3) is 0 Å². The molecule has 0 bridgehead atoms. The average molecular weight is 344 g/mol. The Balaban J connectivity index is 1.57. The number of hydrogen-bond donors (Lipinski definition) is 2. The molecule has 1 saturated carbocycles. The minimum absolute atomic E-state index is 0.137. The Labute approximate surface area is 144 Å². The van der Waals surface area contributed by atoms with Crippen LogP contribution in [0.15, 0.2) is 29.3 Å². The maximum atomic E-state index is 12.0. The molecule has 1 aromatic heterocycles. The molecule has 0 unspecified atom stereocenters. The number of rotatable bonds is 4. The van der Waals surface area contributed by atoms with Crippen LogP contribution in [0.5, 0.6) is 0 Å². The van der Waals surface area contributed by atoms with Gasteiger partial charge in [-0.05, 0) is 25.8 Å². The molecule has 0 aliphatic heterocycles. The van der Waals surface area contributed by atoms with Crippen LogP contribution < -0.4 is 10.6 Å². The Hall–Kier alpha value is -2.15. The summed E-state index contributed by atoms with van der Waals surface area (Å²) in [7, 11) is 0. The molecular weight excluding hydrogens is 324 g/mol. The molecule has 1 aliphatic rings. The summed E-state index contributed by atoms with van der Waals surface area (Å²) in [5.74, 6) is 0.477. The number of nitrogens with zero attached hydrogens (tertiary/aromatic N) is 2. The largest absolute Gasteiger partial charge is 0.335 e. The standard InChI is InChI=1S/C17H20N4O2S/c1-11-18-14-9-5-4-8-13(14)16(19-11)24-10-15(22)21-17(23)20-12-6-2-3-7-12/h4-5,8-9,12H,2-3,6-7,10H2,1H3,(H2,20,21,22,23). The molecule has 0 saturated heterocycles. The minimum atomic E-state index is -0.406. The Kier molecular flexibility index (Phi) is 5.30. The van der Waals surface area contributed by atoms with Gasteiger partial charge < -0.3 is 5.32 Å². The van der Waals surface area contributed by atoms with Crippen LogP contribution in [-0.2, 0) is 4.79 Å². The number of imide groups is 1. The summed E-state index contributed by atoms with van der Waals surface area (Å²) in [6.07, 6.45) is 4.24. The summed E-state index contributed by atoms with van der Waals surface area (Å²) >= 11 is 1.31. The molecule has 1 aromatic carbocycles. The van der Waals surface area contributed by atoms with Crippen molar-refractivity contribution in [2.45, 2.75) is 43.7 Å². The van der Waals surface area contributed by atoms with Crippen molar-refractivity contribution >= 4 is 34.6 Å². The molecule has 1 heterocycles. The number of para-hydroxylation sites is 1. The van der Waals surface area contributed by atoms with Crippen molar-refractivity contribution in [2.75, 3.05) is 5.75 Å². The van der Waals surface area contributed by atoms with Gasteiger partial charge in [-0.3, -0.25) is 10.1 Å². The highest BCUT2D eigenvalue weighted by Crippen LogP contribution is 2.24. The molecule has 7 heteroatoms. The van der Waals surface area contributed by atoms with Crippen LogP contribution in [0.2, 0.25) is 0 Å². The Bertz CT molecular complexity index is 759. The number of amides is 3. The zero-order valence-corrected chi connectivity index (χ0v) is 14.4. The molecule has 0 spiro atoms. The fourth-order valence-corrected chi connectivity index (χ4v) is 3.72. The van der Waals surface area contributed by atoms with Crippen molar-refractivity contribution in [1.82, 2.24) is 20.6 Å². The fourth-order valence-electron chi connectivity index (χ4n) is 2.86. The average Bonchev–Trinajstić information content (AvgIpc) is 3.05. The molecule has 6 nitrogen and oxygen atoms in total. The third kappa shape index (κ3) is 4.23. The molecule has 1 fully saturated rings.